The van der Waals surface area contributed by atoms with Gasteiger partial charge in [0, 0.05) is 18.7 Å². The van der Waals surface area contributed by atoms with Crippen LogP contribution in [0, 0.1) is 0 Å². The number of hydrogen-bond donors (Lipinski definition) is 2. The molecule has 136 valence electrons. The van der Waals surface area contributed by atoms with E-state index < -0.39 is 0 Å². The topological polar surface area (TPSA) is 64.3 Å². The van der Waals surface area contributed by atoms with E-state index in [1.807, 2.05) is 24.3 Å². The zero-order valence-electron chi connectivity index (χ0n) is 14.8. The van der Waals surface area contributed by atoms with Crippen LogP contribution in [0.4, 0.5) is 5.69 Å². The standard InChI is InChI=1S/C20H26N2O2.ClH/c1-3-16-4-6-17(7-5-16)15(2)14-20(23)22-18-8-10-19(11-9-18)24-13-12-21;/h4-11,15H,3,12-14,21H2,1-2H3,(H,22,23);1H. The fraction of sp³-hybridized carbons (Fsp3) is 0.350. The molecule has 2 rings (SSSR count). The molecule has 0 saturated heterocycles. The smallest absolute Gasteiger partial charge is 0.224 e. The molecule has 25 heavy (non-hydrogen) atoms. The van der Waals surface area contributed by atoms with Crippen molar-refractivity contribution in [1.29, 1.82) is 0 Å². The monoisotopic (exact) mass is 362 g/mol. The molecular formula is C20H27ClN2O2. The Hall–Kier alpha value is -2.04. The molecule has 0 aliphatic rings. The highest BCUT2D eigenvalue weighted by atomic mass is 35.5. The van der Waals surface area contributed by atoms with Crippen LogP contribution in [0.3, 0.4) is 0 Å². The second-order valence-electron chi connectivity index (χ2n) is 5.91. The van der Waals surface area contributed by atoms with Gasteiger partial charge in [-0.2, -0.15) is 0 Å². The van der Waals surface area contributed by atoms with E-state index in [4.69, 9.17) is 10.5 Å². The molecule has 0 spiro atoms. The molecule has 5 heteroatoms. The number of ether oxygens (including phenoxy) is 1. The van der Waals surface area contributed by atoms with Crippen LogP contribution in [0.15, 0.2) is 48.5 Å². The predicted molar refractivity (Wildman–Crippen MR) is 106 cm³/mol. The highest BCUT2D eigenvalue weighted by molar-refractivity contribution is 5.91. The van der Waals surface area contributed by atoms with Crippen molar-refractivity contribution >= 4 is 24.0 Å². The molecule has 0 saturated carbocycles. The van der Waals surface area contributed by atoms with Crippen LogP contribution in [0.1, 0.15) is 37.3 Å². The summed E-state index contributed by atoms with van der Waals surface area (Å²) in [6.45, 7) is 5.18. The van der Waals surface area contributed by atoms with Crippen molar-refractivity contribution in [2.24, 2.45) is 5.73 Å². The normalized spacial score (nSPS) is 11.3. The number of carbonyl (C=O) groups is 1. The van der Waals surface area contributed by atoms with Crippen molar-refractivity contribution in [3.05, 3.63) is 59.7 Å². The van der Waals surface area contributed by atoms with Gasteiger partial charge in [-0.15, -0.1) is 12.4 Å². The van der Waals surface area contributed by atoms with Gasteiger partial charge in [0.25, 0.3) is 0 Å². The Morgan fingerprint density at radius 1 is 1.12 bits per heavy atom. The maximum atomic E-state index is 12.2. The molecule has 0 bridgehead atoms. The lowest BCUT2D eigenvalue weighted by atomic mass is 9.96. The summed E-state index contributed by atoms with van der Waals surface area (Å²) in [7, 11) is 0. The third-order valence-electron chi connectivity index (χ3n) is 3.97. The number of carbonyl (C=O) groups excluding carboxylic acids is 1. The van der Waals surface area contributed by atoms with Gasteiger partial charge < -0.3 is 15.8 Å². The van der Waals surface area contributed by atoms with Gasteiger partial charge in [-0.1, -0.05) is 38.1 Å². The Morgan fingerprint density at radius 3 is 2.32 bits per heavy atom. The Bertz CT molecular complexity index is 642. The fourth-order valence-electron chi connectivity index (χ4n) is 2.50. The van der Waals surface area contributed by atoms with Crippen molar-refractivity contribution in [2.45, 2.75) is 32.6 Å². The Kier molecular flexibility index (Phi) is 9.03. The third-order valence-corrected chi connectivity index (χ3v) is 3.97. The highest BCUT2D eigenvalue weighted by Crippen LogP contribution is 2.21. The molecular weight excluding hydrogens is 336 g/mol. The first kappa shape index (κ1) is 21.0. The molecule has 1 atom stereocenters. The Labute approximate surface area is 156 Å². The average molecular weight is 363 g/mol. The third kappa shape index (κ3) is 6.77. The number of nitrogens with one attached hydrogen (secondary N) is 1. The number of anilines is 1. The summed E-state index contributed by atoms with van der Waals surface area (Å²) in [6, 6.07) is 15.8. The minimum Gasteiger partial charge on any atom is -0.492 e. The molecule has 4 nitrogen and oxygen atoms in total. The van der Waals surface area contributed by atoms with E-state index in [0.29, 0.717) is 19.6 Å². The lowest BCUT2D eigenvalue weighted by Gasteiger charge is -2.13. The molecule has 0 aliphatic heterocycles. The van der Waals surface area contributed by atoms with Gasteiger partial charge in [0.05, 0.1) is 0 Å². The van der Waals surface area contributed by atoms with Gasteiger partial charge in [-0.3, -0.25) is 4.79 Å². The SMILES string of the molecule is CCc1ccc(C(C)CC(=O)Nc2ccc(OCCN)cc2)cc1.Cl. The van der Waals surface area contributed by atoms with Crippen LogP contribution >= 0.6 is 12.4 Å². The van der Waals surface area contributed by atoms with E-state index in [1.54, 1.807) is 0 Å². The highest BCUT2D eigenvalue weighted by Gasteiger charge is 2.11. The number of aryl methyl sites for hydroxylation is 1. The molecule has 0 fully saturated rings. The molecule has 0 heterocycles. The Morgan fingerprint density at radius 2 is 1.76 bits per heavy atom. The molecule has 2 aromatic carbocycles. The van der Waals surface area contributed by atoms with Crippen LogP contribution in [0.2, 0.25) is 0 Å². The van der Waals surface area contributed by atoms with E-state index >= 15 is 0 Å². The fourth-order valence-corrected chi connectivity index (χ4v) is 2.50. The molecule has 1 amide bonds. The lowest BCUT2D eigenvalue weighted by Crippen LogP contribution is -2.14. The molecule has 3 N–H and O–H groups in total. The molecule has 0 aromatic heterocycles. The Balaban J connectivity index is 0.00000312. The number of hydrogen-bond acceptors (Lipinski definition) is 3. The van der Waals surface area contributed by atoms with Gasteiger partial charge in [0.1, 0.15) is 12.4 Å². The zero-order chi connectivity index (χ0) is 17.4. The summed E-state index contributed by atoms with van der Waals surface area (Å²) in [5.41, 5.74) is 8.67. The average Bonchev–Trinajstić information content (AvgIpc) is 2.61. The van der Waals surface area contributed by atoms with Crippen molar-refractivity contribution < 1.29 is 9.53 Å². The second-order valence-corrected chi connectivity index (χ2v) is 5.91. The minimum atomic E-state index is 0. The van der Waals surface area contributed by atoms with Crippen molar-refractivity contribution in [3.63, 3.8) is 0 Å². The van der Waals surface area contributed by atoms with Crippen LogP contribution in [-0.4, -0.2) is 19.1 Å². The summed E-state index contributed by atoms with van der Waals surface area (Å²) >= 11 is 0. The summed E-state index contributed by atoms with van der Waals surface area (Å²) in [6.07, 6.45) is 1.48. The minimum absolute atomic E-state index is 0. The van der Waals surface area contributed by atoms with Crippen LogP contribution in [0.5, 0.6) is 5.75 Å². The predicted octanol–water partition coefficient (Wildman–Crippen LogP) is 4.14. The van der Waals surface area contributed by atoms with Gasteiger partial charge in [-0.05, 0) is 47.7 Å². The summed E-state index contributed by atoms with van der Waals surface area (Å²) < 4.78 is 5.42. The van der Waals surface area contributed by atoms with Gasteiger partial charge in [-0.25, -0.2) is 0 Å². The van der Waals surface area contributed by atoms with E-state index in [0.717, 1.165) is 17.9 Å². The number of nitrogens with two attached hydrogens (primary N) is 1. The van der Waals surface area contributed by atoms with E-state index in [2.05, 4.69) is 43.4 Å². The van der Waals surface area contributed by atoms with Crippen molar-refractivity contribution in [2.75, 3.05) is 18.5 Å². The quantitative estimate of drug-likeness (QED) is 0.741. The molecule has 1 unspecified atom stereocenters. The first-order valence-electron chi connectivity index (χ1n) is 8.44. The number of rotatable bonds is 8. The second kappa shape index (κ2) is 10.7. The van der Waals surface area contributed by atoms with Crippen LogP contribution in [0.25, 0.3) is 0 Å². The van der Waals surface area contributed by atoms with Gasteiger partial charge in [0.2, 0.25) is 5.91 Å². The molecule has 0 radical (unpaired) electrons. The first-order chi connectivity index (χ1) is 11.6. The zero-order valence-corrected chi connectivity index (χ0v) is 15.6. The maximum Gasteiger partial charge on any atom is 0.224 e. The number of benzene rings is 2. The lowest BCUT2D eigenvalue weighted by molar-refractivity contribution is -0.116. The van der Waals surface area contributed by atoms with E-state index in [9.17, 15) is 4.79 Å². The summed E-state index contributed by atoms with van der Waals surface area (Å²) in [5.74, 6) is 0.948. The maximum absolute atomic E-state index is 12.2. The van der Waals surface area contributed by atoms with E-state index in [1.165, 1.54) is 11.1 Å². The molecule has 2 aromatic rings. The van der Waals surface area contributed by atoms with Crippen LogP contribution < -0.4 is 15.8 Å². The number of amides is 1. The summed E-state index contributed by atoms with van der Waals surface area (Å²) in [5, 5.41) is 2.93. The van der Waals surface area contributed by atoms with Crippen molar-refractivity contribution in [1.82, 2.24) is 0 Å². The first-order valence-corrected chi connectivity index (χ1v) is 8.44. The van der Waals surface area contributed by atoms with Gasteiger partial charge in [0.15, 0.2) is 0 Å². The van der Waals surface area contributed by atoms with Crippen molar-refractivity contribution in [3.8, 4) is 5.75 Å². The van der Waals surface area contributed by atoms with Crippen LogP contribution in [-0.2, 0) is 11.2 Å². The number of halogens is 1. The molecule has 0 aliphatic carbocycles. The summed E-state index contributed by atoms with van der Waals surface area (Å²) in [4.78, 5) is 12.2. The largest absolute Gasteiger partial charge is 0.492 e. The van der Waals surface area contributed by atoms with E-state index in [-0.39, 0.29) is 24.2 Å². The van der Waals surface area contributed by atoms with Gasteiger partial charge >= 0.3 is 0 Å².